The molecule has 1 N–H and O–H groups in total. The minimum Gasteiger partial charge on any atom is -0.489 e. The molecule has 3 fully saturated rings. The number of carboxylic acids is 1. The summed E-state index contributed by atoms with van der Waals surface area (Å²) in [6, 6.07) is 12.6. The Labute approximate surface area is 208 Å². The first-order valence-electron chi connectivity index (χ1n) is 12.9. The number of rotatable bonds is 5. The summed E-state index contributed by atoms with van der Waals surface area (Å²) in [5.41, 5.74) is 1.47. The SMILES string of the molecule is CC(c1ccc2ccc(OC3CCC(C(F)(F)F)CC3)c(C#N)c2c1)N1C2CCC1CC(C(=O)O)C2. The number of aliphatic carboxylic acids is 1. The Balaban J connectivity index is 1.37. The molecule has 3 atom stereocenters. The fourth-order valence-corrected chi connectivity index (χ4v) is 6.70. The third-order valence-electron chi connectivity index (χ3n) is 8.62. The largest absolute Gasteiger partial charge is 0.489 e. The number of nitrogens with zero attached hydrogens (tertiary/aromatic N) is 2. The van der Waals surface area contributed by atoms with Crippen molar-refractivity contribution in [3.8, 4) is 11.8 Å². The summed E-state index contributed by atoms with van der Waals surface area (Å²) >= 11 is 0. The molecular formula is C28H31F3N2O3. The maximum absolute atomic E-state index is 13.0. The lowest BCUT2D eigenvalue weighted by molar-refractivity contribution is -0.185. The van der Waals surface area contributed by atoms with Gasteiger partial charge in [0.2, 0.25) is 0 Å². The van der Waals surface area contributed by atoms with Gasteiger partial charge in [0.1, 0.15) is 17.4 Å². The summed E-state index contributed by atoms with van der Waals surface area (Å²) in [4.78, 5) is 14.0. The van der Waals surface area contributed by atoms with Crippen LogP contribution in [0.1, 0.15) is 75.5 Å². The van der Waals surface area contributed by atoms with Gasteiger partial charge in [0, 0.05) is 23.5 Å². The average molecular weight is 501 g/mol. The van der Waals surface area contributed by atoms with Crippen LogP contribution >= 0.6 is 0 Å². The van der Waals surface area contributed by atoms with Gasteiger partial charge >= 0.3 is 12.1 Å². The average Bonchev–Trinajstić information content (AvgIpc) is 3.11. The van der Waals surface area contributed by atoms with Crippen LogP contribution in [0.3, 0.4) is 0 Å². The molecule has 5 nitrogen and oxygen atoms in total. The number of piperidine rings is 1. The van der Waals surface area contributed by atoms with Crippen molar-refractivity contribution in [3.63, 3.8) is 0 Å². The standard InChI is InChI=1S/C28H31F3N2O3/c1-16(33-21-7-8-22(33)13-19(12-21)27(34)35)18-3-2-17-4-11-26(25(15-32)24(17)14-18)36-23-9-5-20(6-10-23)28(29,30)31/h2-4,11,14,16,19-23H,5-10,12-13H2,1H3,(H,34,35). The van der Waals surface area contributed by atoms with Gasteiger partial charge < -0.3 is 9.84 Å². The van der Waals surface area contributed by atoms with E-state index in [9.17, 15) is 28.3 Å². The molecule has 2 heterocycles. The number of ether oxygens (including phenoxy) is 1. The van der Waals surface area contributed by atoms with Gasteiger partial charge in [0.05, 0.1) is 17.9 Å². The fraction of sp³-hybridized carbons (Fsp3) is 0.571. The number of fused-ring (bicyclic) bond motifs is 3. The summed E-state index contributed by atoms with van der Waals surface area (Å²) in [7, 11) is 0. The predicted octanol–water partition coefficient (Wildman–Crippen LogP) is 6.60. The minimum absolute atomic E-state index is 0.0478. The molecular weight excluding hydrogens is 469 g/mol. The summed E-state index contributed by atoms with van der Waals surface area (Å²) in [5, 5.41) is 21.2. The van der Waals surface area contributed by atoms with E-state index >= 15 is 0 Å². The fourth-order valence-electron chi connectivity index (χ4n) is 6.70. The van der Waals surface area contributed by atoms with Crippen molar-refractivity contribution in [2.45, 2.75) is 88.7 Å². The highest BCUT2D eigenvalue weighted by Gasteiger charge is 2.45. The molecule has 0 spiro atoms. The summed E-state index contributed by atoms with van der Waals surface area (Å²) in [6.07, 6.45) is -0.419. The lowest BCUT2D eigenvalue weighted by atomic mass is 9.87. The van der Waals surface area contributed by atoms with Crippen molar-refractivity contribution < 1.29 is 27.8 Å². The Kier molecular flexibility index (Phi) is 6.63. The molecule has 2 aromatic carbocycles. The number of benzene rings is 2. The van der Waals surface area contributed by atoms with E-state index < -0.39 is 18.1 Å². The van der Waals surface area contributed by atoms with Crippen molar-refractivity contribution in [2.75, 3.05) is 0 Å². The molecule has 8 heteroatoms. The van der Waals surface area contributed by atoms with Crippen LogP contribution in [0, 0.1) is 23.2 Å². The van der Waals surface area contributed by atoms with Gasteiger partial charge in [0.25, 0.3) is 0 Å². The van der Waals surface area contributed by atoms with E-state index in [1.807, 2.05) is 18.2 Å². The van der Waals surface area contributed by atoms with Crippen LogP contribution in [0.25, 0.3) is 10.8 Å². The minimum atomic E-state index is -4.17. The smallest absolute Gasteiger partial charge is 0.391 e. The number of carboxylic acid groups (broad SMARTS) is 1. The first-order chi connectivity index (χ1) is 17.2. The van der Waals surface area contributed by atoms with E-state index in [1.165, 1.54) is 0 Å². The van der Waals surface area contributed by atoms with Crippen LogP contribution in [0.5, 0.6) is 5.75 Å². The van der Waals surface area contributed by atoms with Gasteiger partial charge in [0.15, 0.2) is 0 Å². The Bertz CT molecular complexity index is 1170. The second-order valence-corrected chi connectivity index (χ2v) is 10.7. The maximum atomic E-state index is 13.0. The number of hydrogen-bond donors (Lipinski definition) is 1. The molecule has 0 aromatic heterocycles. The van der Waals surface area contributed by atoms with Gasteiger partial charge in [-0.05, 0) is 81.4 Å². The normalized spacial score (nSPS) is 29.6. The van der Waals surface area contributed by atoms with Gasteiger partial charge in [-0.1, -0.05) is 18.2 Å². The van der Waals surface area contributed by atoms with Gasteiger partial charge in [-0.2, -0.15) is 18.4 Å². The summed E-state index contributed by atoms with van der Waals surface area (Å²) < 4.78 is 45.1. The third-order valence-corrected chi connectivity index (χ3v) is 8.62. The first kappa shape index (κ1) is 24.9. The number of nitriles is 1. The molecule has 2 aromatic rings. The molecule has 192 valence electrons. The van der Waals surface area contributed by atoms with E-state index in [0.717, 1.165) is 29.2 Å². The van der Waals surface area contributed by atoms with Gasteiger partial charge in [-0.15, -0.1) is 0 Å². The van der Waals surface area contributed by atoms with E-state index in [0.29, 0.717) is 37.0 Å². The highest BCUT2D eigenvalue weighted by molar-refractivity contribution is 5.90. The third kappa shape index (κ3) is 4.66. The predicted molar refractivity (Wildman–Crippen MR) is 129 cm³/mol. The van der Waals surface area contributed by atoms with Crippen LogP contribution in [0.15, 0.2) is 30.3 Å². The van der Waals surface area contributed by atoms with Gasteiger partial charge in [-0.3, -0.25) is 9.69 Å². The molecule has 0 amide bonds. The highest BCUT2D eigenvalue weighted by atomic mass is 19.4. The molecule has 2 saturated heterocycles. The number of alkyl halides is 3. The second-order valence-electron chi connectivity index (χ2n) is 10.7. The van der Waals surface area contributed by atoms with Crippen molar-refractivity contribution in [2.24, 2.45) is 11.8 Å². The first-order valence-corrected chi connectivity index (χ1v) is 12.9. The van der Waals surface area contributed by atoms with Crippen LogP contribution in [-0.4, -0.2) is 40.3 Å². The van der Waals surface area contributed by atoms with Crippen molar-refractivity contribution >= 4 is 16.7 Å². The van der Waals surface area contributed by atoms with Crippen molar-refractivity contribution in [1.29, 1.82) is 5.26 Å². The molecule has 1 aliphatic carbocycles. The molecule has 2 bridgehead atoms. The lowest BCUT2D eigenvalue weighted by Crippen LogP contribution is -2.45. The molecule has 0 radical (unpaired) electrons. The molecule has 36 heavy (non-hydrogen) atoms. The quantitative estimate of drug-likeness (QED) is 0.501. The monoisotopic (exact) mass is 500 g/mol. The van der Waals surface area contributed by atoms with Crippen molar-refractivity contribution in [1.82, 2.24) is 4.90 Å². The summed E-state index contributed by atoms with van der Waals surface area (Å²) in [6.45, 7) is 2.14. The Morgan fingerprint density at radius 2 is 1.72 bits per heavy atom. The van der Waals surface area contributed by atoms with E-state index in [2.05, 4.69) is 24.0 Å². The van der Waals surface area contributed by atoms with E-state index in [1.54, 1.807) is 6.07 Å². The van der Waals surface area contributed by atoms with E-state index in [-0.39, 0.29) is 43.0 Å². The second kappa shape index (κ2) is 9.59. The number of hydrogen-bond acceptors (Lipinski definition) is 4. The molecule has 1 saturated carbocycles. The number of carbonyl (C=O) groups is 1. The molecule has 3 aliphatic rings. The zero-order valence-electron chi connectivity index (χ0n) is 20.3. The molecule has 2 aliphatic heterocycles. The van der Waals surface area contributed by atoms with Crippen LogP contribution < -0.4 is 4.74 Å². The zero-order chi connectivity index (χ0) is 25.6. The van der Waals surface area contributed by atoms with E-state index in [4.69, 9.17) is 4.74 Å². The van der Waals surface area contributed by atoms with Gasteiger partial charge in [-0.25, -0.2) is 0 Å². The van der Waals surface area contributed by atoms with Crippen LogP contribution in [-0.2, 0) is 4.79 Å². The highest BCUT2D eigenvalue weighted by Crippen LogP contribution is 2.44. The lowest BCUT2D eigenvalue weighted by Gasteiger charge is -2.41. The van der Waals surface area contributed by atoms with Crippen LogP contribution in [0.2, 0.25) is 0 Å². The number of halogens is 3. The topological polar surface area (TPSA) is 73.6 Å². The van der Waals surface area contributed by atoms with Crippen LogP contribution in [0.4, 0.5) is 13.2 Å². The maximum Gasteiger partial charge on any atom is 0.391 e. The van der Waals surface area contributed by atoms with Crippen molar-refractivity contribution in [3.05, 3.63) is 41.5 Å². The zero-order valence-corrected chi connectivity index (χ0v) is 20.3. The summed E-state index contributed by atoms with van der Waals surface area (Å²) in [5.74, 6) is -1.83. The Morgan fingerprint density at radius 3 is 2.31 bits per heavy atom. The Hall–Kier alpha value is -2.79. The molecule has 5 rings (SSSR count). The molecule has 3 unspecified atom stereocenters. The Morgan fingerprint density at radius 1 is 1.08 bits per heavy atom.